The van der Waals surface area contributed by atoms with Crippen molar-refractivity contribution in [2.24, 2.45) is 11.7 Å². The third kappa shape index (κ3) is 2.67. The first kappa shape index (κ1) is 10.5. The highest BCUT2D eigenvalue weighted by atomic mass is 16.2. The van der Waals surface area contributed by atoms with Crippen LogP contribution in [-0.4, -0.2) is 43.5 Å². The summed E-state index contributed by atoms with van der Waals surface area (Å²) >= 11 is 0. The molecule has 1 aliphatic heterocycles. The minimum Gasteiger partial charge on any atom is -0.340 e. The maximum absolute atomic E-state index is 11.8. The largest absolute Gasteiger partial charge is 0.340 e. The Morgan fingerprint density at radius 2 is 2.15 bits per heavy atom. The zero-order valence-electron chi connectivity index (χ0n) is 8.25. The summed E-state index contributed by atoms with van der Waals surface area (Å²) in [6.07, 6.45) is 0.846. The van der Waals surface area contributed by atoms with E-state index >= 15 is 0 Å². The van der Waals surface area contributed by atoms with E-state index < -0.39 is 0 Å². The van der Waals surface area contributed by atoms with Crippen molar-refractivity contribution >= 4 is 5.91 Å². The van der Waals surface area contributed by atoms with Gasteiger partial charge in [-0.1, -0.05) is 6.92 Å². The zero-order valence-corrected chi connectivity index (χ0v) is 8.25. The van der Waals surface area contributed by atoms with Gasteiger partial charge >= 0.3 is 0 Å². The second-order valence-electron chi connectivity index (χ2n) is 3.42. The van der Waals surface area contributed by atoms with Gasteiger partial charge in [-0.05, 0) is 6.42 Å². The first-order chi connectivity index (χ1) is 6.29. The van der Waals surface area contributed by atoms with Crippen molar-refractivity contribution in [1.82, 2.24) is 10.2 Å². The molecule has 1 fully saturated rings. The van der Waals surface area contributed by atoms with Crippen LogP contribution in [0.5, 0.6) is 0 Å². The molecule has 1 atom stereocenters. The monoisotopic (exact) mass is 185 g/mol. The number of rotatable bonds is 3. The molecule has 4 heteroatoms. The molecule has 4 nitrogen and oxygen atoms in total. The van der Waals surface area contributed by atoms with E-state index in [0.29, 0.717) is 6.54 Å². The Morgan fingerprint density at radius 1 is 1.54 bits per heavy atom. The Kier molecular flexibility index (Phi) is 4.18. The van der Waals surface area contributed by atoms with Gasteiger partial charge in [0.2, 0.25) is 5.91 Å². The maximum Gasteiger partial charge on any atom is 0.227 e. The second kappa shape index (κ2) is 5.19. The molecule has 1 heterocycles. The van der Waals surface area contributed by atoms with Crippen LogP contribution in [0, 0.1) is 5.92 Å². The molecule has 0 aromatic rings. The van der Waals surface area contributed by atoms with Crippen LogP contribution in [0.25, 0.3) is 0 Å². The Hall–Kier alpha value is -0.610. The molecule has 0 aromatic carbocycles. The molecule has 1 saturated heterocycles. The fourth-order valence-electron chi connectivity index (χ4n) is 1.59. The van der Waals surface area contributed by atoms with Crippen LogP contribution in [-0.2, 0) is 4.79 Å². The molecule has 0 spiro atoms. The Bertz CT molecular complexity index is 162. The summed E-state index contributed by atoms with van der Waals surface area (Å²) < 4.78 is 0. The van der Waals surface area contributed by atoms with Crippen molar-refractivity contribution in [2.75, 3.05) is 32.7 Å². The van der Waals surface area contributed by atoms with E-state index in [2.05, 4.69) is 5.32 Å². The number of hydrogen-bond acceptors (Lipinski definition) is 3. The quantitative estimate of drug-likeness (QED) is 0.617. The Labute approximate surface area is 79.5 Å². The summed E-state index contributed by atoms with van der Waals surface area (Å²) in [4.78, 5) is 13.7. The SMILES string of the molecule is CCC(CN)C(=O)N1CCNCC1. The van der Waals surface area contributed by atoms with Gasteiger partial charge in [0.1, 0.15) is 0 Å². The summed E-state index contributed by atoms with van der Waals surface area (Å²) in [5.41, 5.74) is 5.53. The molecule has 1 aliphatic rings. The van der Waals surface area contributed by atoms with Crippen molar-refractivity contribution in [3.8, 4) is 0 Å². The van der Waals surface area contributed by atoms with E-state index in [4.69, 9.17) is 5.73 Å². The molecule has 0 saturated carbocycles. The number of carbonyl (C=O) groups is 1. The van der Waals surface area contributed by atoms with Crippen LogP contribution in [0.15, 0.2) is 0 Å². The Morgan fingerprint density at radius 3 is 2.62 bits per heavy atom. The summed E-state index contributed by atoms with van der Waals surface area (Å²) in [6, 6.07) is 0. The molecule has 0 radical (unpaired) electrons. The fourth-order valence-corrected chi connectivity index (χ4v) is 1.59. The normalized spacial score (nSPS) is 20.0. The van der Waals surface area contributed by atoms with Crippen LogP contribution in [0.4, 0.5) is 0 Å². The average Bonchev–Trinajstić information content (AvgIpc) is 2.21. The number of nitrogens with one attached hydrogen (secondary N) is 1. The molecular formula is C9H19N3O. The zero-order chi connectivity index (χ0) is 9.68. The molecular weight excluding hydrogens is 166 g/mol. The molecule has 13 heavy (non-hydrogen) atoms. The molecule has 1 unspecified atom stereocenters. The van der Waals surface area contributed by atoms with Gasteiger partial charge in [-0.25, -0.2) is 0 Å². The maximum atomic E-state index is 11.8. The minimum atomic E-state index is 0.0260. The van der Waals surface area contributed by atoms with Gasteiger partial charge < -0.3 is 16.0 Å². The van der Waals surface area contributed by atoms with Crippen molar-refractivity contribution in [1.29, 1.82) is 0 Å². The first-order valence-corrected chi connectivity index (χ1v) is 4.99. The van der Waals surface area contributed by atoms with Crippen molar-refractivity contribution in [2.45, 2.75) is 13.3 Å². The highest BCUT2D eigenvalue weighted by Crippen LogP contribution is 2.06. The number of nitrogens with zero attached hydrogens (tertiary/aromatic N) is 1. The summed E-state index contributed by atoms with van der Waals surface area (Å²) in [5.74, 6) is 0.254. The number of carbonyl (C=O) groups excluding carboxylic acids is 1. The second-order valence-corrected chi connectivity index (χ2v) is 3.42. The molecule has 3 N–H and O–H groups in total. The highest BCUT2D eigenvalue weighted by molar-refractivity contribution is 5.79. The fraction of sp³-hybridized carbons (Fsp3) is 0.889. The summed E-state index contributed by atoms with van der Waals surface area (Å²) in [5, 5.41) is 3.22. The van der Waals surface area contributed by atoms with Gasteiger partial charge in [-0.15, -0.1) is 0 Å². The molecule has 0 bridgehead atoms. The lowest BCUT2D eigenvalue weighted by Gasteiger charge is -2.30. The standard InChI is InChI=1S/C9H19N3O/c1-2-8(7-10)9(13)12-5-3-11-4-6-12/h8,11H,2-7,10H2,1H3. The molecule has 1 rings (SSSR count). The van der Waals surface area contributed by atoms with Gasteiger partial charge in [0.15, 0.2) is 0 Å². The lowest BCUT2D eigenvalue weighted by molar-refractivity contribution is -0.135. The smallest absolute Gasteiger partial charge is 0.227 e. The third-order valence-corrected chi connectivity index (χ3v) is 2.56. The number of piperazine rings is 1. The van der Waals surface area contributed by atoms with Crippen LogP contribution in [0.1, 0.15) is 13.3 Å². The molecule has 76 valence electrons. The van der Waals surface area contributed by atoms with Gasteiger partial charge in [0.05, 0.1) is 5.92 Å². The Balaban J connectivity index is 2.44. The van der Waals surface area contributed by atoms with E-state index in [-0.39, 0.29) is 11.8 Å². The lowest BCUT2D eigenvalue weighted by atomic mass is 10.1. The predicted octanol–water partition coefficient (Wildman–Crippen LogP) is -0.597. The van der Waals surface area contributed by atoms with Gasteiger partial charge in [-0.2, -0.15) is 0 Å². The first-order valence-electron chi connectivity index (χ1n) is 4.99. The number of amides is 1. The van der Waals surface area contributed by atoms with E-state index in [1.54, 1.807) is 0 Å². The van der Waals surface area contributed by atoms with Crippen LogP contribution in [0.3, 0.4) is 0 Å². The van der Waals surface area contributed by atoms with E-state index in [9.17, 15) is 4.79 Å². The molecule has 0 aromatic heterocycles. The van der Waals surface area contributed by atoms with Gasteiger partial charge in [0, 0.05) is 32.7 Å². The lowest BCUT2D eigenvalue weighted by Crippen LogP contribution is -2.49. The highest BCUT2D eigenvalue weighted by Gasteiger charge is 2.22. The summed E-state index contributed by atoms with van der Waals surface area (Å²) in [6.45, 7) is 5.96. The topological polar surface area (TPSA) is 58.4 Å². The van der Waals surface area contributed by atoms with Crippen molar-refractivity contribution in [3.63, 3.8) is 0 Å². The number of hydrogen-bond donors (Lipinski definition) is 2. The molecule has 0 aliphatic carbocycles. The van der Waals surface area contributed by atoms with Crippen LogP contribution < -0.4 is 11.1 Å². The van der Waals surface area contributed by atoms with Gasteiger partial charge in [-0.3, -0.25) is 4.79 Å². The number of nitrogens with two attached hydrogens (primary N) is 1. The van der Waals surface area contributed by atoms with Crippen LogP contribution >= 0.6 is 0 Å². The van der Waals surface area contributed by atoms with Gasteiger partial charge in [0.25, 0.3) is 0 Å². The van der Waals surface area contributed by atoms with Crippen molar-refractivity contribution < 1.29 is 4.79 Å². The van der Waals surface area contributed by atoms with E-state index in [1.165, 1.54) is 0 Å². The summed E-state index contributed by atoms with van der Waals surface area (Å²) in [7, 11) is 0. The minimum absolute atomic E-state index is 0.0260. The third-order valence-electron chi connectivity index (χ3n) is 2.56. The van der Waals surface area contributed by atoms with Crippen molar-refractivity contribution in [3.05, 3.63) is 0 Å². The average molecular weight is 185 g/mol. The predicted molar refractivity (Wildman–Crippen MR) is 52.3 cm³/mol. The van der Waals surface area contributed by atoms with E-state index in [0.717, 1.165) is 32.6 Å². The van der Waals surface area contributed by atoms with Crippen LogP contribution in [0.2, 0.25) is 0 Å². The van der Waals surface area contributed by atoms with E-state index in [1.807, 2.05) is 11.8 Å². The molecule has 1 amide bonds.